The molecule has 1 atom stereocenters. The highest BCUT2D eigenvalue weighted by Crippen LogP contribution is 2.12. The van der Waals surface area contributed by atoms with Gasteiger partial charge in [-0.3, -0.25) is 4.79 Å². The van der Waals surface area contributed by atoms with E-state index in [1.54, 1.807) is 0 Å². The van der Waals surface area contributed by atoms with Gasteiger partial charge in [0.2, 0.25) is 5.91 Å². The number of benzene rings is 1. The Kier molecular flexibility index (Phi) is 9.09. The molecular weight excluding hydrogens is 441 g/mol. The molecule has 1 heterocycles. The molecule has 1 aromatic carbocycles. The lowest BCUT2D eigenvalue weighted by molar-refractivity contribution is -0.129. The number of carbonyl (C=O) groups is 1. The minimum absolute atomic E-state index is 0. The van der Waals surface area contributed by atoms with Crippen molar-refractivity contribution in [2.75, 3.05) is 19.6 Å². The molecule has 2 N–H and O–H groups in total. The first-order valence-corrected chi connectivity index (χ1v) is 8.30. The molecule has 1 amide bonds. The first-order chi connectivity index (χ1) is 11.5. The summed E-state index contributed by atoms with van der Waals surface area (Å²) in [6.45, 7) is 5.84. The van der Waals surface area contributed by atoms with Crippen molar-refractivity contribution >= 4 is 35.8 Å². The molecule has 1 aliphatic rings. The average Bonchev–Trinajstić information content (AvgIpc) is 3.03. The van der Waals surface area contributed by atoms with Crippen molar-refractivity contribution in [1.82, 2.24) is 15.5 Å². The van der Waals surface area contributed by atoms with Gasteiger partial charge in [-0.1, -0.05) is 6.92 Å². The van der Waals surface area contributed by atoms with Crippen LogP contribution in [-0.2, 0) is 11.3 Å². The highest BCUT2D eigenvalue weighted by atomic mass is 127. The molecule has 5 nitrogen and oxygen atoms in total. The summed E-state index contributed by atoms with van der Waals surface area (Å²) in [5, 5.41) is 6.35. The third-order valence-corrected chi connectivity index (χ3v) is 3.94. The van der Waals surface area contributed by atoms with Gasteiger partial charge in [-0.15, -0.1) is 24.0 Å². The van der Waals surface area contributed by atoms with Crippen molar-refractivity contribution in [1.29, 1.82) is 0 Å². The lowest BCUT2D eigenvalue weighted by atomic mass is 10.2. The first-order valence-electron chi connectivity index (χ1n) is 8.30. The second-order valence-corrected chi connectivity index (χ2v) is 5.75. The molecule has 0 aromatic heterocycles. The number of hydrogen-bond donors (Lipinski definition) is 2. The van der Waals surface area contributed by atoms with Crippen molar-refractivity contribution < 1.29 is 13.6 Å². The maximum Gasteiger partial charge on any atom is 0.222 e. The van der Waals surface area contributed by atoms with Crippen LogP contribution in [0, 0.1) is 11.6 Å². The third kappa shape index (κ3) is 6.41. The minimum Gasteiger partial charge on any atom is -0.357 e. The van der Waals surface area contributed by atoms with Gasteiger partial charge in [-0.25, -0.2) is 13.8 Å². The molecule has 0 bridgehead atoms. The van der Waals surface area contributed by atoms with E-state index in [2.05, 4.69) is 15.6 Å². The summed E-state index contributed by atoms with van der Waals surface area (Å²) in [6, 6.07) is 3.45. The number of likely N-dealkylation sites (tertiary alicyclic amines) is 1. The zero-order valence-electron chi connectivity index (χ0n) is 14.5. The zero-order chi connectivity index (χ0) is 17.5. The van der Waals surface area contributed by atoms with E-state index in [-0.39, 0.29) is 48.0 Å². The molecule has 2 rings (SSSR count). The van der Waals surface area contributed by atoms with Gasteiger partial charge in [-0.05, 0) is 31.5 Å². The molecule has 0 radical (unpaired) electrons. The molecule has 140 valence electrons. The number of amides is 1. The largest absolute Gasteiger partial charge is 0.357 e. The summed E-state index contributed by atoms with van der Waals surface area (Å²) in [5.41, 5.74) is 0.210. The number of guanidine groups is 1. The van der Waals surface area contributed by atoms with Crippen molar-refractivity contribution in [3.63, 3.8) is 0 Å². The normalized spacial score (nSPS) is 17.2. The van der Waals surface area contributed by atoms with Gasteiger partial charge >= 0.3 is 0 Å². The Hall–Kier alpha value is -1.45. The highest BCUT2D eigenvalue weighted by Gasteiger charge is 2.25. The summed E-state index contributed by atoms with van der Waals surface area (Å²) in [6.07, 6.45) is 1.34. The number of halogens is 3. The van der Waals surface area contributed by atoms with Crippen LogP contribution in [0.5, 0.6) is 0 Å². The molecule has 25 heavy (non-hydrogen) atoms. The summed E-state index contributed by atoms with van der Waals surface area (Å²) >= 11 is 0. The van der Waals surface area contributed by atoms with Crippen molar-refractivity contribution in [3.8, 4) is 0 Å². The highest BCUT2D eigenvalue weighted by molar-refractivity contribution is 14.0. The van der Waals surface area contributed by atoms with Crippen LogP contribution in [0.1, 0.15) is 32.3 Å². The fourth-order valence-electron chi connectivity index (χ4n) is 2.67. The molecule has 1 unspecified atom stereocenters. The van der Waals surface area contributed by atoms with Crippen LogP contribution in [0.2, 0.25) is 0 Å². The number of rotatable bonds is 5. The van der Waals surface area contributed by atoms with E-state index < -0.39 is 11.6 Å². The predicted octanol–water partition coefficient (Wildman–Crippen LogP) is 2.65. The molecule has 1 aromatic rings. The fraction of sp³-hybridized carbons (Fsp3) is 0.529. The number of nitrogens with one attached hydrogen (secondary N) is 2. The van der Waals surface area contributed by atoms with E-state index >= 15 is 0 Å². The van der Waals surface area contributed by atoms with E-state index in [1.807, 2.05) is 18.7 Å². The molecule has 1 aliphatic heterocycles. The Balaban J connectivity index is 0.00000312. The molecule has 1 saturated heterocycles. The van der Waals surface area contributed by atoms with Crippen LogP contribution in [0.15, 0.2) is 23.2 Å². The topological polar surface area (TPSA) is 56.7 Å². The van der Waals surface area contributed by atoms with Crippen molar-refractivity contribution in [2.45, 2.75) is 39.3 Å². The molecule has 1 fully saturated rings. The Morgan fingerprint density at radius 2 is 2.12 bits per heavy atom. The lowest BCUT2D eigenvalue weighted by Gasteiger charge is -2.18. The SMILES string of the molecule is CCNC(=NCc1cc(F)ccc1F)NC1CCN(C(=O)CC)C1.I. The Labute approximate surface area is 164 Å². The minimum atomic E-state index is -0.482. The zero-order valence-corrected chi connectivity index (χ0v) is 16.8. The van der Waals surface area contributed by atoms with E-state index in [0.29, 0.717) is 25.5 Å². The number of hydrogen-bond acceptors (Lipinski definition) is 2. The Morgan fingerprint density at radius 3 is 2.80 bits per heavy atom. The quantitative estimate of drug-likeness (QED) is 0.399. The predicted molar refractivity (Wildman–Crippen MR) is 105 cm³/mol. The first kappa shape index (κ1) is 21.6. The van der Waals surface area contributed by atoms with Crippen molar-refractivity contribution in [2.24, 2.45) is 4.99 Å². The number of nitrogens with zero attached hydrogens (tertiary/aromatic N) is 2. The molecule has 0 spiro atoms. The summed E-state index contributed by atoms with van der Waals surface area (Å²) in [4.78, 5) is 17.9. The average molecular weight is 466 g/mol. The standard InChI is InChI=1S/C17H24F2N4O.HI/c1-3-16(24)23-8-7-14(11-23)22-17(20-4-2)21-10-12-9-13(18)5-6-15(12)19;/h5-6,9,14H,3-4,7-8,10-11H2,1-2H3,(H2,20,21,22);1H. The molecule has 0 aliphatic carbocycles. The lowest BCUT2D eigenvalue weighted by Crippen LogP contribution is -2.45. The summed E-state index contributed by atoms with van der Waals surface area (Å²) < 4.78 is 26.9. The van der Waals surface area contributed by atoms with E-state index in [4.69, 9.17) is 0 Å². The van der Waals surface area contributed by atoms with Gasteiger partial charge in [0.1, 0.15) is 11.6 Å². The van der Waals surface area contributed by atoms with Gasteiger partial charge in [0.25, 0.3) is 0 Å². The Morgan fingerprint density at radius 1 is 1.36 bits per heavy atom. The monoisotopic (exact) mass is 466 g/mol. The second kappa shape index (κ2) is 10.5. The fourth-order valence-corrected chi connectivity index (χ4v) is 2.67. The maximum absolute atomic E-state index is 13.7. The van der Waals surface area contributed by atoms with Gasteiger partial charge in [0.05, 0.1) is 6.54 Å². The van der Waals surface area contributed by atoms with E-state index in [9.17, 15) is 13.6 Å². The van der Waals surface area contributed by atoms with Crippen LogP contribution in [0.25, 0.3) is 0 Å². The van der Waals surface area contributed by atoms with Gasteiger partial charge in [-0.2, -0.15) is 0 Å². The van der Waals surface area contributed by atoms with E-state index in [1.165, 1.54) is 0 Å². The maximum atomic E-state index is 13.7. The van der Waals surface area contributed by atoms with Crippen LogP contribution in [-0.4, -0.2) is 42.4 Å². The van der Waals surface area contributed by atoms with Crippen LogP contribution >= 0.6 is 24.0 Å². The molecular formula is C17H25F2IN4O. The molecule has 8 heteroatoms. The van der Waals surface area contributed by atoms with Crippen LogP contribution in [0.3, 0.4) is 0 Å². The number of aliphatic imine (C=N–C) groups is 1. The van der Waals surface area contributed by atoms with Crippen LogP contribution in [0.4, 0.5) is 8.78 Å². The second-order valence-electron chi connectivity index (χ2n) is 5.75. The van der Waals surface area contributed by atoms with Gasteiger partial charge in [0, 0.05) is 37.7 Å². The van der Waals surface area contributed by atoms with Gasteiger partial charge < -0.3 is 15.5 Å². The number of carbonyl (C=O) groups excluding carboxylic acids is 1. The summed E-state index contributed by atoms with van der Waals surface area (Å²) in [5.74, 6) is -0.277. The third-order valence-electron chi connectivity index (χ3n) is 3.94. The molecule has 0 saturated carbocycles. The smallest absolute Gasteiger partial charge is 0.222 e. The Bertz CT molecular complexity index is 612. The van der Waals surface area contributed by atoms with E-state index in [0.717, 1.165) is 31.2 Å². The summed E-state index contributed by atoms with van der Waals surface area (Å²) in [7, 11) is 0. The van der Waals surface area contributed by atoms with Crippen molar-refractivity contribution in [3.05, 3.63) is 35.4 Å². The van der Waals surface area contributed by atoms with Gasteiger partial charge in [0.15, 0.2) is 5.96 Å². The van der Waals surface area contributed by atoms with Crippen LogP contribution < -0.4 is 10.6 Å².